The molecule has 0 spiro atoms. The highest BCUT2D eigenvalue weighted by Crippen LogP contribution is 2.29. The van der Waals surface area contributed by atoms with Crippen LogP contribution in [0.5, 0.6) is 0 Å². The van der Waals surface area contributed by atoms with Crippen molar-refractivity contribution >= 4 is 23.7 Å². The maximum absolute atomic E-state index is 9.08. The third-order valence-electron chi connectivity index (χ3n) is 4.72. The van der Waals surface area contributed by atoms with Crippen molar-refractivity contribution in [1.82, 2.24) is 34.3 Å². The average Bonchev–Trinajstić information content (AvgIpc) is 3.51. The number of halogens is 1. The molecule has 0 atom stereocenters. The molecule has 2 N–H and O–H groups in total. The van der Waals surface area contributed by atoms with E-state index in [1.807, 2.05) is 55.8 Å². The first-order valence-electron chi connectivity index (χ1n) is 9.32. The van der Waals surface area contributed by atoms with Crippen molar-refractivity contribution in [2.45, 2.75) is 6.54 Å². The van der Waals surface area contributed by atoms with Gasteiger partial charge in [0.25, 0.3) is 0 Å². The van der Waals surface area contributed by atoms with Gasteiger partial charge in [0.15, 0.2) is 5.65 Å². The van der Waals surface area contributed by atoms with Gasteiger partial charge in [-0.25, -0.2) is 14.5 Å². The number of anilines is 1. The molecule has 4 heterocycles. The number of hydrogen-bond donors (Lipinski definition) is 2. The van der Waals surface area contributed by atoms with Gasteiger partial charge >= 0.3 is 0 Å². The topological polar surface area (TPSA) is 113 Å². The predicted molar refractivity (Wildman–Crippen MR) is 119 cm³/mol. The lowest BCUT2D eigenvalue weighted by Crippen LogP contribution is -2.01. The van der Waals surface area contributed by atoms with Crippen molar-refractivity contribution in [3.05, 3.63) is 72.6 Å². The maximum atomic E-state index is 9.08. The number of H-pyrrole nitrogens is 1. The van der Waals surface area contributed by atoms with Crippen LogP contribution in [0.15, 0.2) is 61.2 Å². The van der Waals surface area contributed by atoms with Crippen LogP contribution in [0.1, 0.15) is 11.4 Å². The van der Waals surface area contributed by atoms with E-state index in [0.717, 1.165) is 39.8 Å². The lowest BCUT2D eigenvalue weighted by Gasteiger charge is -2.04. The normalized spacial score (nSPS) is 10.6. The van der Waals surface area contributed by atoms with Crippen LogP contribution >= 0.6 is 12.4 Å². The molecule has 10 heteroatoms. The molecular weight excluding hydrogens is 414 g/mol. The lowest BCUT2D eigenvalue weighted by molar-refractivity contribution is 0.770. The van der Waals surface area contributed by atoms with E-state index in [1.165, 1.54) is 6.33 Å². The fourth-order valence-electron chi connectivity index (χ4n) is 3.29. The number of aromatic amines is 1. The standard InChI is InChI=1S/C21H17N9.ClH/c1-29-8-7-17(28-29)21-20(15-5-6-19-24-13-25-30(19)12-15)26-18(27-21)11-23-16-4-2-3-14(9-16)10-22;/h2-9,12-13,23H,11H2,1H3,(H,26,27);1H. The highest BCUT2D eigenvalue weighted by molar-refractivity contribution is 5.85. The zero-order valence-electron chi connectivity index (χ0n) is 16.5. The molecule has 0 unspecified atom stereocenters. The third kappa shape index (κ3) is 3.97. The number of rotatable bonds is 5. The first-order valence-corrected chi connectivity index (χ1v) is 9.32. The van der Waals surface area contributed by atoms with Crippen LogP contribution in [0.3, 0.4) is 0 Å². The van der Waals surface area contributed by atoms with E-state index >= 15 is 0 Å². The summed E-state index contributed by atoms with van der Waals surface area (Å²) in [5.74, 6) is 0.756. The van der Waals surface area contributed by atoms with Crippen molar-refractivity contribution in [1.29, 1.82) is 5.26 Å². The van der Waals surface area contributed by atoms with E-state index in [1.54, 1.807) is 15.3 Å². The van der Waals surface area contributed by atoms with Gasteiger partial charge < -0.3 is 10.3 Å². The Labute approximate surface area is 183 Å². The molecule has 0 radical (unpaired) electrons. The number of pyridine rings is 1. The number of imidazole rings is 1. The fraction of sp³-hybridized carbons (Fsp3) is 0.0952. The Hall–Kier alpha value is -4.16. The highest BCUT2D eigenvalue weighted by atomic mass is 35.5. The number of nitrogens with one attached hydrogen (secondary N) is 2. The van der Waals surface area contributed by atoms with Crippen molar-refractivity contribution in [2.24, 2.45) is 7.05 Å². The first-order chi connectivity index (χ1) is 14.7. The molecule has 154 valence electrons. The van der Waals surface area contributed by atoms with Crippen LogP contribution in [-0.2, 0) is 13.6 Å². The Bertz CT molecular complexity index is 1390. The van der Waals surface area contributed by atoms with Gasteiger partial charge in [0.2, 0.25) is 0 Å². The van der Waals surface area contributed by atoms with E-state index < -0.39 is 0 Å². The van der Waals surface area contributed by atoms with Gasteiger partial charge in [0, 0.05) is 30.7 Å². The number of aryl methyl sites for hydroxylation is 1. The Morgan fingerprint density at radius 1 is 1.19 bits per heavy atom. The Balaban J connectivity index is 0.00000231. The highest BCUT2D eigenvalue weighted by Gasteiger charge is 2.17. The molecule has 5 rings (SSSR count). The minimum Gasteiger partial charge on any atom is -0.378 e. The minimum absolute atomic E-state index is 0. The van der Waals surface area contributed by atoms with E-state index in [9.17, 15) is 0 Å². The fourth-order valence-corrected chi connectivity index (χ4v) is 3.29. The monoisotopic (exact) mass is 431 g/mol. The number of benzene rings is 1. The number of fused-ring (bicyclic) bond motifs is 1. The van der Waals surface area contributed by atoms with Crippen LogP contribution in [0.4, 0.5) is 5.69 Å². The molecule has 0 aliphatic carbocycles. The van der Waals surface area contributed by atoms with Gasteiger partial charge in [0.1, 0.15) is 23.5 Å². The van der Waals surface area contributed by atoms with Crippen LogP contribution < -0.4 is 5.32 Å². The number of hydrogen-bond acceptors (Lipinski definition) is 6. The van der Waals surface area contributed by atoms with Gasteiger partial charge in [-0.3, -0.25) is 4.68 Å². The van der Waals surface area contributed by atoms with Gasteiger partial charge in [-0.2, -0.15) is 15.5 Å². The van der Waals surface area contributed by atoms with Crippen molar-refractivity contribution in [2.75, 3.05) is 5.32 Å². The minimum atomic E-state index is 0. The summed E-state index contributed by atoms with van der Waals surface area (Å²) in [5, 5.41) is 21.1. The van der Waals surface area contributed by atoms with Crippen molar-refractivity contribution in [3.63, 3.8) is 0 Å². The predicted octanol–water partition coefficient (Wildman–Crippen LogP) is 3.43. The number of aromatic nitrogens is 7. The molecule has 0 bridgehead atoms. The molecule has 4 aromatic heterocycles. The summed E-state index contributed by atoms with van der Waals surface area (Å²) in [6, 6.07) is 15.3. The summed E-state index contributed by atoms with van der Waals surface area (Å²) in [6.45, 7) is 0.473. The van der Waals surface area contributed by atoms with E-state index in [4.69, 9.17) is 10.2 Å². The van der Waals surface area contributed by atoms with Gasteiger partial charge in [-0.15, -0.1) is 12.4 Å². The zero-order valence-corrected chi connectivity index (χ0v) is 17.3. The molecule has 1 aromatic carbocycles. The lowest BCUT2D eigenvalue weighted by atomic mass is 10.1. The largest absolute Gasteiger partial charge is 0.378 e. The van der Waals surface area contributed by atoms with E-state index in [0.29, 0.717) is 12.1 Å². The van der Waals surface area contributed by atoms with Crippen LogP contribution in [0.2, 0.25) is 0 Å². The van der Waals surface area contributed by atoms with Crippen LogP contribution in [0.25, 0.3) is 28.3 Å². The first kappa shape index (κ1) is 20.1. The number of nitrogens with zero attached hydrogens (tertiary/aromatic N) is 7. The summed E-state index contributed by atoms with van der Waals surface area (Å²) in [6.07, 6.45) is 5.33. The Morgan fingerprint density at radius 2 is 2.10 bits per heavy atom. The van der Waals surface area contributed by atoms with E-state index in [-0.39, 0.29) is 12.4 Å². The summed E-state index contributed by atoms with van der Waals surface area (Å²) in [4.78, 5) is 12.4. The van der Waals surface area contributed by atoms with Crippen molar-refractivity contribution in [3.8, 4) is 28.7 Å². The van der Waals surface area contributed by atoms with Crippen molar-refractivity contribution < 1.29 is 0 Å². The zero-order chi connectivity index (χ0) is 20.5. The molecule has 0 aliphatic heterocycles. The van der Waals surface area contributed by atoms with Gasteiger partial charge in [-0.05, 0) is 36.4 Å². The summed E-state index contributed by atoms with van der Waals surface area (Å²) >= 11 is 0. The third-order valence-corrected chi connectivity index (χ3v) is 4.72. The summed E-state index contributed by atoms with van der Waals surface area (Å²) < 4.78 is 3.48. The van der Waals surface area contributed by atoms with E-state index in [2.05, 4.69) is 31.6 Å². The van der Waals surface area contributed by atoms with Crippen LogP contribution in [-0.4, -0.2) is 34.3 Å². The van der Waals surface area contributed by atoms with Gasteiger partial charge in [0.05, 0.1) is 23.9 Å². The molecule has 0 fully saturated rings. The second kappa shape index (κ2) is 8.30. The summed E-state index contributed by atoms with van der Waals surface area (Å²) in [5.41, 5.74) is 5.56. The Kier molecular flexibility index (Phi) is 5.39. The second-order valence-electron chi connectivity index (χ2n) is 6.81. The SMILES string of the molecule is Cl.Cn1ccc(-c2nc(CNc3cccc(C#N)c3)[nH]c2-c2ccc3ncnn3c2)n1. The molecule has 31 heavy (non-hydrogen) atoms. The molecule has 0 aliphatic rings. The smallest absolute Gasteiger partial charge is 0.155 e. The number of nitriles is 1. The maximum Gasteiger partial charge on any atom is 0.155 e. The molecule has 0 saturated carbocycles. The molecule has 0 saturated heterocycles. The average molecular weight is 432 g/mol. The Morgan fingerprint density at radius 3 is 2.90 bits per heavy atom. The second-order valence-corrected chi connectivity index (χ2v) is 6.81. The molecule has 5 aromatic rings. The molecule has 9 nitrogen and oxygen atoms in total. The van der Waals surface area contributed by atoms with Crippen LogP contribution in [0, 0.1) is 11.3 Å². The quantitative estimate of drug-likeness (QED) is 0.441. The van der Waals surface area contributed by atoms with Gasteiger partial charge in [-0.1, -0.05) is 6.07 Å². The molecule has 0 amide bonds. The summed E-state index contributed by atoms with van der Waals surface area (Å²) in [7, 11) is 1.88. The molecular formula is C21H18ClN9.